The van der Waals surface area contributed by atoms with E-state index < -0.39 is 21.4 Å². The van der Waals surface area contributed by atoms with Crippen LogP contribution >= 0.6 is 0 Å². The highest BCUT2D eigenvalue weighted by atomic mass is 32.2. The number of carbonyl (C=O) groups is 1. The molecule has 1 aromatic carbocycles. The van der Waals surface area contributed by atoms with E-state index in [-0.39, 0.29) is 21.9 Å². The molecule has 1 aliphatic carbocycles. The van der Waals surface area contributed by atoms with E-state index in [1.807, 2.05) is 0 Å². The molecule has 1 saturated heterocycles. The summed E-state index contributed by atoms with van der Waals surface area (Å²) in [7, 11) is -3.71. The molecule has 0 unspecified atom stereocenters. The van der Waals surface area contributed by atoms with E-state index in [0.29, 0.717) is 25.2 Å². The lowest BCUT2D eigenvalue weighted by Gasteiger charge is -2.21. The van der Waals surface area contributed by atoms with Crippen molar-refractivity contribution in [3.05, 3.63) is 52.8 Å². The molecule has 1 amide bonds. The summed E-state index contributed by atoms with van der Waals surface area (Å²) in [6.45, 7) is 5.17. The minimum Gasteiger partial charge on any atom is -0.349 e. The average Bonchev–Trinajstić information content (AvgIpc) is 3.26. The van der Waals surface area contributed by atoms with Crippen LogP contribution in [0.4, 0.5) is 0 Å². The van der Waals surface area contributed by atoms with E-state index in [9.17, 15) is 18.0 Å². The monoisotopic (exact) mass is 485 g/mol. The number of allylic oxidation sites excluding steroid dienone is 1. The number of aromatic nitrogens is 1. The normalized spacial score (nSPS) is 18.8. The van der Waals surface area contributed by atoms with Gasteiger partial charge in [0, 0.05) is 37.3 Å². The minimum atomic E-state index is -3.71. The number of hydrogen-bond donors (Lipinski definition) is 1. The van der Waals surface area contributed by atoms with Crippen LogP contribution in [0.2, 0.25) is 0 Å². The van der Waals surface area contributed by atoms with Gasteiger partial charge in [-0.1, -0.05) is 44.6 Å². The second kappa shape index (κ2) is 10.9. The summed E-state index contributed by atoms with van der Waals surface area (Å²) >= 11 is 0. The van der Waals surface area contributed by atoms with Gasteiger partial charge >= 0.3 is 0 Å². The van der Waals surface area contributed by atoms with Crippen molar-refractivity contribution in [1.29, 1.82) is 0 Å². The number of nitrogens with zero attached hydrogens (tertiary/aromatic N) is 2. The third-order valence-electron chi connectivity index (χ3n) is 7.02. The standard InChI is InChI=1S/C26H35N3O4S/c1-2-15-28-19-23(26(31)27-20-11-7-3-4-8-12-20)25(30)22-18-21(13-14-24(22)28)34(32,33)29-16-9-5-6-10-17-29/h2,13-14,18-20H,1,3-12,15-17H2,(H,27,31). The van der Waals surface area contributed by atoms with Crippen molar-refractivity contribution in [2.75, 3.05) is 13.1 Å². The fourth-order valence-corrected chi connectivity index (χ4v) is 6.65. The second-order valence-corrected chi connectivity index (χ2v) is 11.4. The van der Waals surface area contributed by atoms with Crippen molar-refractivity contribution < 1.29 is 13.2 Å². The van der Waals surface area contributed by atoms with Gasteiger partial charge in [-0.3, -0.25) is 9.59 Å². The molecule has 1 N–H and O–H groups in total. The van der Waals surface area contributed by atoms with Crippen LogP contribution in [0.5, 0.6) is 0 Å². The first-order chi connectivity index (χ1) is 16.4. The SMILES string of the molecule is C=CCn1cc(C(=O)NC2CCCCCC2)c(=O)c2cc(S(=O)(=O)N3CCCCCC3)ccc21. The highest BCUT2D eigenvalue weighted by Gasteiger charge is 2.27. The molecule has 2 heterocycles. The first kappa shape index (κ1) is 24.7. The number of pyridine rings is 1. The van der Waals surface area contributed by atoms with Crippen LogP contribution in [0, 0.1) is 0 Å². The van der Waals surface area contributed by atoms with Crippen molar-refractivity contribution in [2.24, 2.45) is 0 Å². The van der Waals surface area contributed by atoms with Crippen molar-refractivity contribution >= 4 is 26.8 Å². The number of hydrogen-bond acceptors (Lipinski definition) is 4. The molecule has 0 spiro atoms. The first-order valence-electron chi connectivity index (χ1n) is 12.5. The van der Waals surface area contributed by atoms with Gasteiger partial charge in [0.25, 0.3) is 5.91 Å². The van der Waals surface area contributed by atoms with Crippen molar-refractivity contribution in [2.45, 2.75) is 81.7 Å². The number of fused-ring (bicyclic) bond motifs is 1. The van der Waals surface area contributed by atoms with Crippen molar-refractivity contribution in [1.82, 2.24) is 14.2 Å². The fourth-order valence-electron chi connectivity index (χ4n) is 5.11. The third kappa shape index (κ3) is 5.28. The Hall–Kier alpha value is -2.45. The smallest absolute Gasteiger partial charge is 0.256 e. The van der Waals surface area contributed by atoms with Crippen molar-refractivity contribution in [3.8, 4) is 0 Å². The highest BCUT2D eigenvalue weighted by Crippen LogP contribution is 2.24. The quantitative estimate of drug-likeness (QED) is 0.491. The lowest BCUT2D eigenvalue weighted by Crippen LogP contribution is -2.37. The minimum absolute atomic E-state index is 0.0444. The Morgan fingerprint density at radius 3 is 2.32 bits per heavy atom. The maximum absolute atomic E-state index is 13.4. The average molecular weight is 486 g/mol. The maximum atomic E-state index is 13.4. The number of nitrogens with one attached hydrogen (secondary N) is 1. The molecular weight excluding hydrogens is 450 g/mol. The van der Waals surface area contributed by atoms with Crippen LogP contribution in [0.3, 0.4) is 0 Å². The third-order valence-corrected chi connectivity index (χ3v) is 8.91. The van der Waals surface area contributed by atoms with Crippen LogP contribution in [0.15, 0.2) is 46.7 Å². The molecule has 7 nitrogen and oxygen atoms in total. The van der Waals surface area contributed by atoms with Gasteiger partial charge in [-0.15, -0.1) is 6.58 Å². The lowest BCUT2D eigenvalue weighted by molar-refractivity contribution is 0.0931. The molecule has 2 fully saturated rings. The summed E-state index contributed by atoms with van der Waals surface area (Å²) in [4.78, 5) is 26.7. The summed E-state index contributed by atoms with van der Waals surface area (Å²) in [5, 5.41) is 3.29. The van der Waals surface area contributed by atoms with Crippen LogP contribution in [0.25, 0.3) is 10.9 Å². The zero-order valence-electron chi connectivity index (χ0n) is 19.8. The molecule has 2 aliphatic rings. The van der Waals surface area contributed by atoms with Crippen LogP contribution in [0.1, 0.15) is 74.6 Å². The Labute approximate surface area is 201 Å². The first-order valence-corrected chi connectivity index (χ1v) is 13.9. The van der Waals surface area contributed by atoms with Gasteiger partial charge < -0.3 is 9.88 Å². The van der Waals surface area contributed by atoms with Crippen LogP contribution < -0.4 is 10.7 Å². The van der Waals surface area contributed by atoms with Gasteiger partial charge in [0.2, 0.25) is 15.5 Å². The van der Waals surface area contributed by atoms with E-state index in [1.54, 1.807) is 29.0 Å². The molecule has 0 radical (unpaired) electrons. The number of rotatable bonds is 6. The fraction of sp³-hybridized carbons (Fsp3) is 0.538. The molecule has 2 aromatic rings. The summed E-state index contributed by atoms with van der Waals surface area (Å²) in [5.74, 6) is -0.391. The predicted molar refractivity (Wildman–Crippen MR) is 135 cm³/mol. The summed E-state index contributed by atoms with van der Waals surface area (Å²) in [6.07, 6.45) is 13.3. The number of benzene rings is 1. The number of sulfonamides is 1. The van der Waals surface area contributed by atoms with E-state index >= 15 is 0 Å². The molecule has 0 bridgehead atoms. The second-order valence-electron chi connectivity index (χ2n) is 9.47. The van der Waals surface area contributed by atoms with E-state index in [1.165, 1.54) is 23.2 Å². The van der Waals surface area contributed by atoms with Gasteiger partial charge in [-0.25, -0.2) is 8.42 Å². The van der Waals surface area contributed by atoms with E-state index in [2.05, 4.69) is 11.9 Å². The molecule has 34 heavy (non-hydrogen) atoms. The van der Waals surface area contributed by atoms with Gasteiger partial charge in [0.15, 0.2) is 0 Å². The Bertz CT molecular complexity index is 1200. The van der Waals surface area contributed by atoms with E-state index in [0.717, 1.165) is 51.4 Å². The van der Waals surface area contributed by atoms with Gasteiger partial charge in [0.05, 0.1) is 10.4 Å². The Morgan fingerprint density at radius 1 is 1.03 bits per heavy atom. The molecule has 4 rings (SSSR count). The zero-order valence-corrected chi connectivity index (χ0v) is 20.6. The van der Waals surface area contributed by atoms with Gasteiger partial charge in [-0.05, 0) is 43.9 Å². The predicted octanol–water partition coefficient (Wildman–Crippen LogP) is 4.20. The topological polar surface area (TPSA) is 88.5 Å². The lowest BCUT2D eigenvalue weighted by atomic mass is 10.1. The van der Waals surface area contributed by atoms with Crippen LogP contribution in [-0.2, 0) is 16.6 Å². The number of amides is 1. The molecular formula is C26H35N3O4S. The van der Waals surface area contributed by atoms with Crippen molar-refractivity contribution in [3.63, 3.8) is 0 Å². The molecule has 1 aliphatic heterocycles. The molecule has 8 heteroatoms. The Kier molecular flexibility index (Phi) is 7.88. The summed E-state index contributed by atoms with van der Waals surface area (Å²) in [6, 6.07) is 4.73. The molecule has 0 atom stereocenters. The Balaban J connectivity index is 1.74. The highest BCUT2D eigenvalue weighted by molar-refractivity contribution is 7.89. The zero-order chi connectivity index (χ0) is 24.1. The van der Waals surface area contributed by atoms with E-state index in [4.69, 9.17) is 0 Å². The number of carbonyl (C=O) groups excluding carboxylic acids is 1. The Morgan fingerprint density at radius 2 is 1.68 bits per heavy atom. The largest absolute Gasteiger partial charge is 0.349 e. The summed E-state index contributed by atoms with van der Waals surface area (Å²) < 4.78 is 30.0. The molecule has 1 aromatic heterocycles. The van der Waals surface area contributed by atoms with Gasteiger partial charge in [-0.2, -0.15) is 4.31 Å². The molecule has 1 saturated carbocycles. The summed E-state index contributed by atoms with van der Waals surface area (Å²) in [5.41, 5.74) is 0.197. The maximum Gasteiger partial charge on any atom is 0.256 e. The van der Waals surface area contributed by atoms with Gasteiger partial charge in [0.1, 0.15) is 5.56 Å². The molecule has 184 valence electrons. The van der Waals surface area contributed by atoms with Crippen LogP contribution in [-0.4, -0.2) is 42.3 Å².